The predicted molar refractivity (Wildman–Crippen MR) is 111 cm³/mol. The van der Waals surface area contributed by atoms with Crippen molar-refractivity contribution in [1.29, 1.82) is 0 Å². The van der Waals surface area contributed by atoms with Gasteiger partial charge in [0.2, 0.25) is 0 Å². The van der Waals surface area contributed by atoms with Crippen LogP contribution in [0.3, 0.4) is 0 Å². The van der Waals surface area contributed by atoms with Crippen LogP contribution in [0.5, 0.6) is 5.75 Å². The number of ether oxygens (including phenoxy) is 1. The number of halogens is 2. The SMILES string of the molecule is Cn1nc(C(=O)N(CCN)Cc2cccc(F)c2)c2c1-c1cc(Br)ccc1OC2. The van der Waals surface area contributed by atoms with E-state index in [2.05, 4.69) is 21.0 Å². The van der Waals surface area contributed by atoms with Crippen LogP contribution in [0.1, 0.15) is 21.6 Å². The number of amides is 1. The van der Waals surface area contributed by atoms with E-state index in [0.717, 1.165) is 27.0 Å². The van der Waals surface area contributed by atoms with Crippen molar-refractivity contribution in [1.82, 2.24) is 14.7 Å². The Bertz CT molecular complexity index is 1080. The summed E-state index contributed by atoms with van der Waals surface area (Å²) in [6.45, 7) is 1.14. The molecule has 6 nitrogen and oxygen atoms in total. The molecule has 1 aromatic heterocycles. The van der Waals surface area contributed by atoms with Crippen molar-refractivity contribution in [2.45, 2.75) is 13.2 Å². The highest BCUT2D eigenvalue weighted by Gasteiger charge is 2.30. The highest BCUT2D eigenvalue weighted by molar-refractivity contribution is 9.10. The molecule has 0 fully saturated rings. The van der Waals surface area contributed by atoms with Crippen LogP contribution in [0.4, 0.5) is 4.39 Å². The third-order valence-corrected chi connectivity index (χ3v) is 5.36. The molecule has 0 saturated heterocycles. The smallest absolute Gasteiger partial charge is 0.275 e. The summed E-state index contributed by atoms with van der Waals surface area (Å²) in [5, 5.41) is 4.50. The molecule has 0 aliphatic carbocycles. The third-order valence-electron chi connectivity index (χ3n) is 4.87. The molecule has 150 valence electrons. The molecule has 2 N–H and O–H groups in total. The van der Waals surface area contributed by atoms with Gasteiger partial charge < -0.3 is 15.4 Å². The quantitative estimate of drug-likeness (QED) is 0.634. The van der Waals surface area contributed by atoms with Crippen LogP contribution >= 0.6 is 15.9 Å². The first-order valence-corrected chi connectivity index (χ1v) is 9.99. The van der Waals surface area contributed by atoms with Crippen molar-refractivity contribution in [2.75, 3.05) is 13.1 Å². The molecule has 29 heavy (non-hydrogen) atoms. The zero-order chi connectivity index (χ0) is 20.5. The van der Waals surface area contributed by atoms with E-state index in [1.807, 2.05) is 25.2 Å². The van der Waals surface area contributed by atoms with Crippen molar-refractivity contribution in [3.05, 3.63) is 69.6 Å². The van der Waals surface area contributed by atoms with E-state index in [9.17, 15) is 9.18 Å². The van der Waals surface area contributed by atoms with Crippen molar-refractivity contribution < 1.29 is 13.9 Å². The van der Waals surface area contributed by atoms with Crippen LogP contribution in [0.2, 0.25) is 0 Å². The first-order valence-electron chi connectivity index (χ1n) is 9.20. The summed E-state index contributed by atoms with van der Waals surface area (Å²) in [6.07, 6.45) is 0. The first kappa shape index (κ1) is 19.6. The van der Waals surface area contributed by atoms with Gasteiger partial charge in [-0.1, -0.05) is 28.1 Å². The number of fused-ring (bicyclic) bond motifs is 3. The maximum absolute atomic E-state index is 13.6. The van der Waals surface area contributed by atoms with Gasteiger partial charge in [0.05, 0.1) is 5.69 Å². The zero-order valence-corrected chi connectivity index (χ0v) is 17.4. The number of aryl methyl sites for hydroxylation is 1. The van der Waals surface area contributed by atoms with Gasteiger partial charge in [-0.25, -0.2) is 4.39 Å². The number of benzene rings is 2. The predicted octanol–water partition coefficient (Wildman–Crippen LogP) is 3.48. The second-order valence-corrected chi connectivity index (χ2v) is 7.79. The molecular weight excluding hydrogens is 439 g/mol. The van der Waals surface area contributed by atoms with E-state index in [1.54, 1.807) is 21.7 Å². The van der Waals surface area contributed by atoms with Gasteiger partial charge >= 0.3 is 0 Å². The number of aromatic nitrogens is 2. The average molecular weight is 459 g/mol. The normalized spacial score (nSPS) is 12.1. The molecule has 0 saturated carbocycles. The lowest BCUT2D eigenvalue weighted by Gasteiger charge is -2.23. The Morgan fingerprint density at radius 2 is 2.17 bits per heavy atom. The van der Waals surface area contributed by atoms with Gasteiger partial charge in [0.1, 0.15) is 18.2 Å². The van der Waals surface area contributed by atoms with E-state index in [1.165, 1.54) is 12.1 Å². The molecule has 0 atom stereocenters. The third kappa shape index (κ3) is 3.77. The molecule has 0 unspecified atom stereocenters. The van der Waals surface area contributed by atoms with Crippen molar-refractivity contribution in [3.63, 3.8) is 0 Å². The maximum atomic E-state index is 13.6. The Hall–Kier alpha value is -2.71. The fourth-order valence-electron chi connectivity index (χ4n) is 3.59. The fourth-order valence-corrected chi connectivity index (χ4v) is 3.95. The Kier molecular flexibility index (Phi) is 5.38. The monoisotopic (exact) mass is 458 g/mol. The van der Waals surface area contributed by atoms with Gasteiger partial charge in [-0.3, -0.25) is 9.48 Å². The van der Waals surface area contributed by atoms with Gasteiger partial charge in [0.25, 0.3) is 5.91 Å². The van der Waals surface area contributed by atoms with E-state index in [-0.39, 0.29) is 24.9 Å². The average Bonchev–Trinajstić information content (AvgIpc) is 3.04. The van der Waals surface area contributed by atoms with E-state index < -0.39 is 0 Å². The zero-order valence-electron chi connectivity index (χ0n) is 15.9. The highest BCUT2D eigenvalue weighted by Crippen LogP contribution is 2.40. The maximum Gasteiger partial charge on any atom is 0.275 e. The number of hydrogen-bond donors (Lipinski definition) is 1. The molecule has 3 aromatic rings. The summed E-state index contributed by atoms with van der Waals surface area (Å²) in [6, 6.07) is 12.0. The van der Waals surface area contributed by atoms with Gasteiger partial charge in [-0.05, 0) is 35.9 Å². The number of carbonyl (C=O) groups excluding carboxylic acids is 1. The van der Waals surface area contributed by atoms with Crippen LogP contribution in [0.25, 0.3) is 11.3 Å². The fraction of sp³-hybridized carbons (Fsp3) is 0.238. The van der Waals surface area contributed by atoms with Crippen LogP contribution in [0.15, 0.2) is 46.9 Å². The number of nitrogens with zero attached hydrogens (tertiary/aromatic N) is 3. The Morgan fingerprint density at radius 3 is 2.93 bits per heavy atom. The highest BCUT2D eigenvalue weighted by atomic mass is 79.9. The number of rotatable bonds is 5. The molecule has 2 aromatic carbocycles. The first-order chi connectivity index (χ1) is 14.0. The molecule has 2 heterocycles. The van der Waals surface area contributed by atoms with Crippen LogP contribution < -0.4 is 10.5 Å². The summed E-state index contributed by atoms with van der Waals surface area (Å²) < 4.78 is 22.1. The van der Waals surface area contributed by atoms with E-state index in [4.69, 9.17) is 10.5 Å². The standard InChI is InChI=1S/C21H20BrFN4O2/c1-26-20-16-10-14(22)5-6-18(16)29-12-17(20)19(25-26)21(28)27(8-7-24)11-13-3-2-4-15(23)9-13/h2-6,9-10H,7-8,11-12,24H2,1H3. The number of hydrogen-bond acceptors (Lipinski definition) is 4. The van der Waals surface area contributed by atoms with Crippen LogP contribution in [0, 0.1) is 5.82 Å². The second kappa shape index (κ2) is 7.96. The Balaban J connectivity index is 1.71. The summed E-state index contributed by atoms with van der Waals surface area (Å²) in [7, 11) is 1.81. The lowest BCUT2D eigenvalue weighted by Crippen LogP contribution is -2.35. The molecule has 1 aliphatic heterocycles. The minimum atomic E-state index is -0.339. The number of carbonyl (C=O) groups is 1. The van der Waals surface area contributed by atoms with Crippen molar-refractivity contribution >= 4 is 21.8 Å². The van der Waals surface area contributed by atoms with Gasteiger partial charge in [-0.15, -0.1) is 0 Å². The van der Waals surface area contributed by atoms with Crippen molar-refractivity contribution in [2.24, 2.45) is 12.8 Å². The van der Waals surface area contributed by atoms with Gasteiger partial charge in [0.15, 0.2) is 5.69 Å². The molecular formula is C21H20BrFN4O2. The van der Waals surface area contributed by atoms with Gasteiger partial charge in [-0.2, -0.15) is 5.10 Å². The van der Waals surface area contributed by atoms with E-state index in [0.29, 0.717) is 24.3 Å². The van der Waals surface area contributed by atoms with Gasteiger partial charge in [0, 0.05) is 42.3 Å². The molecule has 1 amide bonds. The molecule has 0 radical (unpaired) electrons. The lowest BCUT2D eigenvalue weighted by atomic mass is 10.0. The number of nitrogens with two attached hydrogens (primary N) is 1. The summed E-state index contributed by atoms with van der Waals surface area (Å²) in [4.78, 5) is 14.9. The topological polar surface area (TPSA) is 73.4 Å². The molecule has 4 rings (SSSR count). The minimum Gasteiger partial charge on any atom is -0.488 e. The second-order valence-electron chi connectivity index (χ2n) is 6.87. The van der Waals surface area contributed by atoms with Crippen LogP contribution in [-0.4, -0.2) is 33.7 Å². The molecule has 0 spiro atoms. The largest absolute Gasteiger partial charge is 0.488 e. The van der Waals surface area contributed by atoms with Crippen molar-refractivity contribution in [3.8, 4) is 17.0 Å². The van der Waals surface area contributed by atoms with Crippen LogP contribution in [-0.2, 0) is 20.2 Å². The molecule has 0 bridgehead atoms. The summed E-state index contributed by atoms with van der Waals surface area (Å²) in [5.41, 5.74) is 9.23. The molecule has 8 heteroatoms. The Labute approximate surface area is 176 Å². The lowest BCUT2D eigenvalue weighted by molar-refractivity contribution is 0.0738. The van der Waals surface area contributed by atoms with E-state index >= 15 is 0 Å². The molecule has 1 aliphatic rings. The summed E-state index contributed by atoms with van der Waals surface area (Å²) in [5.74, 6) is 0.160. The summed E-state index contributed by atoms with van der Waals surface area (Å²) >= 11 is 3.48. The minimum absolute atomic E-state index is 0.251. The Morgan fingerprint density at radius 1 is 1.34 bits per heavy atom.